The number of nitrogens with one attached hydrogen (secondary N) is 1. The van der Waals surface area contributed by atoms with Crippen LogP contribution < -0.4 is 11.1 Å². The second-order valence-electron chi connectivity index (χ2n) is 6.92. The Hall–Kier alpha value is -2.64. The molecule has 31 heavy (non-hydrogen) atoms. The van der Waals surface area contributed by atoms with Gasteiger partial charge in [-0.1, -0.05) is 5.16 Å². The molecule has 13 heteroatoms. The smallest absolute Gasteiger partial charge is 0.354 e. The minimum Gasteiger partial charge on any atom is -0.464 e. The molecule has 2 fully saturated rings. The number of amides is 2. The first kappa shape index (κ1) is 21.6. The molecule has 3 aliphatic rings. The fourth-order valence-corrected chi connectivity index (χ4v) is 5.69. The molecule has 0 unspecified atom stereocenters. The zero-order valence-electron chi connectivity index (χ0n) is 16.8. The molecule has 3 N–H and O–H groups in total. The third-order valence-corrected chi connectivity index (χ3v) is 7.12. The van der Waals surface area contributed by atoms with Gasteiger partial charge in [-0.25, -0.2) is 9.78 Å². The number of rotatable bonds is 6. The lowest BCUT2D eigenvalue weighted by Crippen LogP contribution is -2.71. The van der Waals surface area contributed by atoms with Crippen molar-refractivity contribution in [3.05, 3.63) is 22.3 Å². The van der Waals surface area contributed by atoms with Gasteiger partial charge in [0, 0.05) is 17.7 Å². The van der Waals surface area contributed by atoms with Gasteiger partial charge in [-0.05, 0) is 18.4 Å². The summed E-state index contributed by atoms with van der Waals surface area (Å²) in [7, 11) is 2.58. The largest absolute Gasteiger partial charge is 0.464 e. The van der Waals surface area contributed by atoms with Gasteiger partial charge in [0.05, 0.1) is 13.2 Å². The molecule has 0 bridgehead atoms. The van der Waals surface area contributed by atoms with Crippen molar-refractivity contribution < 1.29 is 28.7 Å². The van der Waals surface area contributed by atoms with Crippen molar-refractivity contribution >= 4 is 51.7 Å². The molecule has 0 saturated carbocycles. The molecule has 0 aliphatic carbocycles. The van der Waals surface area contributed by atoms with Gasteiger partial charge in [0.2, 0.25) is 0 Å². The van der Waals surface area contributed by atoms with Crippen LogP contribution in [0, 0.1) is 0 Å². The van der Waals surface area contributed by atoms with Crippen LogP contribution >= 0.6 is 23.1 Å². The van der Waals surface area contributed by atoms with E-state index < -0.39 is 29.2 Å². The summed E-state index contributed by atoms with van der Waals surface area (Å²) in [5, 5.41) is 7.81. The molecule has 1 aromatic heterocycles. The Labute approximate surface area is 186 Å². The van der Waals surface area contributed by atoms with E-state index in [1.165, 1.54) is 30.9 Å². The van der Waals surface area contributed by atoms with Crippen molar-refractivity contribution in [2.75, 3.05) is 32.3 Å². The molecule has 4 rings (SSSR count). The first-order valence-corrected chi connectivity index (χ1v) is 11.4. The summed E-state index contributed by atoms with van der Waals surface area (Å²) in [4.78, 5) is 48.4. The van der Waals surface area contributed by atoms with Gasteiger partial charge in [-0.15, -0.1) is 23.1 Å². The van der Waals surface area contributed by atoms with E-state index in [-0.39, 0.29) is 28.3 Å². The molecule has 4 heterocycles. The maximum absolute atomic E-state index is 13.0. The molecule has 3 atom stereocenters. The van der Waals surface area contributed by atoms with Crippen molar-refractivity contribution in [1.82, 2.24) is 15.2 Å². The standard InChI is InChI=1S/C18H21N5O6S2/c1-27-17(26)13-8(10-4-3-5-29-10)6-30-16-12(15(25)23(13)16)21-14(24)11(22-28-2)9-7-31-18(19)20-9/h7,10,12,16H,3-6H2,1-2H3,(H2,19,20)(H,21,24)/b22-11-/t10-,12+,16+/m0/s1. The number of β-lactam (4-membered cyclic amide) rings is 1. The molecular formula is C18H21N5O6S2. The normalized spacial score (nSPS) is 25.7. The monoisotopic (exact) mass is 467 g/mol. The highest BCUT2D eigenvalue weighted by Crippen LogP contribution is 2.43. The number of hydrogen-bond acceptors (Lipinski definition) is 11. The number of nitrogen functional groups attached to an aromatic ring is 1. The Bertz CT molecular complexity index is 970. The first-order valence-electron chi connectivity index (χ1n) is 9.47. The van der Waals surface area contributed by atoms with E-state index in [0.717, 1.165) is 29.8 Å². The van der Waals surface area contributed by atoms with Crippen LogP contribution in [0.15, 0.2) is 21.8 Å². The number of methoxy groups -OCH3 is 1. The van der Waals surface area contributed by atoms with Crippen LogP contribution in [0.25, 0.3) is 0 Å². The second kappa shape index (κ2) is 8.85. The lowest BCUT2D eigenvalue weighted by atomic mass is 9.99. The molecule has 166 valence electrons. The average molecular weight is 468 g/mol. The van der Waals surface area contributed by atoms with E-state index in [1.807, 2.05) is 0 Å². The number of oxime groups is 1. The van der Waals surface area contributed by atoms with E-state index in [1.54, 1.807) is 5.38 Å². The number of thioether (sulfide) groups is 1. The molecule has 2 saturated heterocycles. The summed E-state index contributed by atoms with van der Waals surface area (Å²) >= 11 is 2.61. The Morgan fingerprint density at radius 2 is 2.23 bits per heavy atom. The minimum atomic E-state index is -0.832. The lowest BCUT2D eigenvalue weighted by Gasteiger charge is -2.50. The predicted octanol–water partition coefficient (Wildman–Crippen LogP) is 0.0818. The minimum absolute atomic E-state index is 0.0914. The van der Waals surface area contributed by atoms with Crippen LogP contribution in [0.2, 0.25) is 0 Å². The van der Waals surface area contributed by atoms with Gasteiger partial charge in [0.25, 0.3) is 11.8 Å². The van der Waals surface area contributed by atoms with Gasteiger partial charge in [-0.3, -0.25) is 14.5 Å². The third-order valence-electron chi connectivity index (χ3n) is 5.14. The van der Waals surface area contributed by atoms with Gasteiger partial charge in [0.1, 0.15) is 29.9 Å². The molecule has 11 nitrogen and oxygen atoms in total. The van der Waals surface area contributed by atoms with E-state index >= 15 is 0 Å². The lowest BCUT2D eigenvalue weighted by molar-refractivity contribution is -0.151. The summed E-state index contributed by atoms with van der Waals surface area (Å²) in [6, 6.07) is -0.832. The predicted molar refractivity (Wildman–Crippen MR) is 113 cm³/mol. The van der Waals surface area contributed by atoms with Crippen LogP contribution in [0.3, 0.4) is 0 Å². The number of fused-ring (bicyclic) bond motifs is 1. The third kappa shape index (κ3) is 3.88. The zero-order valence-corrected chi connectivity index (χ0v) is 18.5. The topological polar surface area (TPSA) is 145 Å². The van der Waals surface area contributed by atoms with Crippen molar-refractivity contribution in [3.8, 4) is 0 Å². The Balaban J connectivity index is 1.55. The highest BCUT2D eigenvalue weighted by molar-refractivity contribution is 8.00. The molecule has 0 radical (unpaired) electrons. The summed E-state index contributed by atoms with van der Waals surface area (Å²) in [6.07, 6.45) is 1.47. The number of esters is 1. The average Bonchev–Trinajstić information content (AvgIpc) is 3.45. The maximum atomic E-state index is 13.0. The number of nitrogens with two attached hydrogens (primary N) is 1. The summed E-state index contributed by atoms with van der Waals surface area (Å²) in [6.45, 7) is 0.617. The number of anilines is 1. The van der Waals surface area contributed by atoms with Crippen LogP contribution in [0.4, 0.5) is 5.13 Å². The Kier molecular flexibility index (Phi) is 6.16. The summed E-state index contributed by atoms with van der Waals surface area (Å²) in [5.74, 6) is -1.12. The van der Waals surface area contributed by atoms with Gasteiger partial charge < -0.3 is 25.4 Å². The van der Waals surface area contributed by atoms with E-state index in [0.29, 0.717) is 12.4 Å². The quantitative estimate of drug-likeness (QED) is 0.257. The number of ether oxygens (including phenoxy) is 2. The van der Waals surface area contributed by atoms with Crippen LogP contribution in [0.5, 0.6) is 0 Å². The molecule has 0 aromatic carbocycles. The molecular weight excluding hydrogens is 446 g/mol. The number of hydrogen-bond donors (Lipinski definition) is 2. The zero-order chi connectivity index (χ0) is 22.1. The van der Waals surface area contributed by atoms with Gasteiger partial charge >= 0.3 is 5.97 Å². The number of carbonyl (C=O) groups excluding carboxylic acids is 3. The van der Waals surface area contributed by atoms with Crippen LogP contribution in [0.1, 0.15) is 18.5 Å². The molecule has 1 aromatic rings. The number of carbonyl (C=O) groups is 3. The number of nitrogens with zero attached hydrogens (tertiary/aromatic N) is 3. The molecule has 2 amide bonds. The maximum Gasteiger partial charge on any atom is 0.354 e. The molecule has 0 spiro atoms. The second-order valence-corrected chi connectivity index (χ2v) is 8.92. The van der Waals surface area contributed by atoms with Crippen LogP contribution in [-0.4, -0.2) is 77.5 Å². The fourth-order valence-electron chi connectivity index (χ4n) is 3.73. The van der Waals surface area contributed by atoms with Crippen molar-refractivity contribution in [3.63, 3.8) is 0 Å². The van der Waals surface area contributed by atoms with Gasteiger partial charge in [0.15, 0.2) is 10.8 Å². The Morgan fingerprint density at radius 1 is 1.42 bits per heavy atom. The van der Waals surface area contributed by atoms with Crippen molar-refractivity contribution in [2.45, 2.75) is 30.4 Å². The SMILES string of the molecule is CO/N=C(\C(=O)N[C@@H]1C(=O)N2C(C(=O)OC)=C([C@@H]3CCCO3)CS[C@H]12)c1csc(N)n1. The highest BCUT2D eigenvalue weighted by Gasteiger charge is 2.55. The molecule has 3 aliphatic heterocycles. The van der Waals surface area contributed by atoms with E-state index in [9.17, 15) is 14.4 Å². The van der Waals surface area contributed by atoms with Gasteiger partial charge in [-0.2, -0.15) is 0 Å². The Morgan fingerprint density at radius 3 is 2.84 bits per heavy atom. The number of aromatic nitrogens is 1. The highest BCUT2D eigenvalue weighted by atomic mass is 32.2. The van der Waals surface area contributed by atoms with Crippen LogP contribution in [-0.2, 0) is 28.7 Å². The van der Waals surface area contributed by atoms with E-state index in [4.69, 9.17) is 20.0 Å². The fraction of sp³-hybridized carbons (Fsp3) is 0.500. The van der Waals surface area contributed by atoms with E-state index in [2.05, 4.69) is 15.5 Å². The first-order chi connectivity index (χ1) is 15.0. The number of thiazole rings is 1. The summed E-state index contributed by atoms with van der Waals surface area (Å²) in [5.41, 5.74) is 6.76. The summed E-state index contributed by atoms with van der Waals surface area (Å²) < 4.78 is 10.7. The van der Waals surface area contributed by atoms with Crippen molar-refractivity contribution in [2.24, 2.45) is 5.16 Å². The van der Waals surface area contributed by atoms with Crippen molar-refractivity contribution in [1.29, 1.82) is 0 Å².